The number of para-hydroxylation sites is 2. The van der Waals surface area contributed by atoms with Crippen LogP contribution in [-0.4, -0.2) is 12.2 Å². The summed E-state index contributed by atoms with van der Waals surface area (Å²) in [7, 11) is 3.04. The van der Waals surface area contributed by atoms with E-state index < -0.39 is 6.09 Å². The maximum atomic E-state index is 11.0. The van der Waals surface area contributed by atoms with E-state index in [-0.39, 0.29) is 6.10 Å². The van der Waals surface area contributed by atoms with E-state index in [4.69, 9.17) is 4.74 Å². The highest BCUT2D eigenvalue weighted by Crippen LogP contribution is 2.25. The lowest BCUT2D eigenvalue weighted by Crippen LogP contribution is -2.14. The van der Waals surface area contributed by atoms with Crippen molar-refractivity contribution in [3.63, 3.8) is 0 Å². The second-order valence-electron chi connectivity index (χ2n) is 3.39. The third-order valence-corrected chi connectivity index (χ3v) is 2.16. The van der Waals surface area contributed by atoms with Crippen molar-refractivity contribution in [2.45, 2.75) is 26.4 Å². The SMILES string of the molecule is [CH2]OC(=O)Nc1ccccc1OC(C)CC. The van der Waals surface area contributed by atoms with Crippen LogP contribution in [0.5, 0.6) is 5.75 Å². The number of amides is 1. The summed E-state index contributed by atoms with van der Waals surface area (Å²) in [6.45, 7) is 4.00. The highest BCUT2D eigenvalue weighted by molar-refractivity contribution is 5.86. The number of rotatable bonds is 4. The van der Waals surface area contributed by atoms with Crippen molar-refractivity contribution in [2.75, 3.05) is 5.32 Å². The van der Waals surface area contributed by atoms with Crippen LogP contribution in [0.3, 0.4) is 0 Å². The van der Waals surface area contributed by atoms with Gasteiger partial charge in [-0.2, -0.15) is 0 Å². The van der Waals surface area contributed by atoms with Crippen molar-refractivity contribution in [1.29, 1.82) is 0 Å². The Labute approximate surface area is 95.6 Å². The first-order chi connectivity index (χ1) is 7.67. The van der Waals surface area contributed by atoms with Crippen LogP contribution < -0.4 is 10.1 Å². The molecule has 0 aromatic heterocycles. The highest BCUT2D eigenvalue weighted by atomic mass is 16.5. The summed E-state index contributed by atoms with van der Waals surface area (Å²) in [6, 6.07) is 7.19. The topological polar surface area (TPSA) is 47.6 Å². The molecule has 1 N–H and O–H groups in total. The van der Waals surface area contributed by atoms with E-state index in [0.29, 0.717) is 11.4 Å². The van der Waals surface area contributed by atoms with Gasteiger partial charge in [0.2, 0.25) is 0 Å². The molecule has 0 bridgehead atoms. The zero-order valence-electron chi connectivity index (χ0n) is 9.53. The summed E-state index contributed by atoms with van der Waals surface area (Å²) in [5.74, 6) is 0.627. The van der Waals surface area contributed by atoms with E-state index in [1.54, 1.807) is 12.1 Å². The van der Waals surface area contributed by atoms with Gasteiger partial charge in [0.05, 0.1) is 11.8 Å². The Kier molecular flexibility index (Phi) is 4.64. The molecule has 0 spiro atoms. The van der Waals surface area contributed by atoms with E-state index >= 15 is 0 Å². The lowest BCUT2D eigenvalue weighted by Gasteiger charge is -2.15. The number of benzene rings is 1. The van der Waals surface area contributed by atoms with Crippen LogP contribution in [0.15, 0.2) is 24.3 Å². The largest absolute Gasteiger partial charge is 0.489 e. The van der Waals surface area contributed by atoms with Crippen molar-refractivity contribution in [3.05, 3.63) is 31.4 Å². The fourth-order valence-electron chi connectivity index (χ4n) is 1.12. The van der Waals surface area contributed by atoms with Gasteiger partial charge in [0.1, 0.15) is 12.9 Å². The summed E-state index contributed by atoms with van der Waals surface area (Å²) >= 11 is 0. The first-order valence-electron chi connectivity index (χ1n) is 5.16. The van der Waals surface area contributed by atoms with E-state index in [1.807, 2.05) is 26.0 Å². The summed E-state index contributed by atoms with van der Waals surface area (Å²) in [5.41, 5.74) is 0.580. The predicted octanol–water partition coefficient (Wildman–Crippen LogP) is 3.20. The number of ether oxygens (including phenoxy) is 2. The Hall–Kier alpha value is -1.71. The van der Waals surface area contributed by atoms with Crippen LogP contribution in [0.1, 0.15) is 20.3 Å². The molecular formula is C12H16NO3. The van der Waals surface area contributed by atoms with Crippen LogP contribution in [0.2, 0.25) is 0 Å². The van der Waals surface area contributed by atoms with Gasteiger partial charge in [-0.05, 0) is 25.5 Å². The molecule has 87 valence electrons. The smallest absolute Gasteiger partial charge is 0.411 e. The number of hydrogen-bond donors (Lipinski definition) is 1. The molecular weight excluding hydrogens is 206 g/mol. The molecule has 0 fully saturated rings. The fourth-order valence-corrected chi connectivity index (χ4v) is 1.12. The molecule has 1 rings (SSSR count). The van der Waals surface area contributed by atoms with Crippen LogP contribution in [-0.2, 0) is 4.74 Å². The van der Waals surface area contributed by atoms with E-state index in [9.17, 15) is 4.79 Å². The number of carbonyl (C=O) groups is 1. The van der Waals surface area contributed by atoms with Crippen molar-refractivity contribution in [2.24, 2.45) is 0 Å². The van der Waals surface area contributed by atoms with Gasteiger partial charge in [0, 0.05) is 0 Å². The molecule has 16 heavy (non-hydrogen) atoms. The van der Waals surface area contributed by atoms with Gasteiger partial charge in [0.25, 0.3) is 0 Å². The average molecular weight is 222 g/mol. The Morgan fingerprint density at radius 1 is 1.50 bits per heavy atom. The minimum atomic E-state index is -0.611. The second kappa shape index (κ2) is 6.00. The van der Waals surface area contributed by atoms with Crippen molar-refractivity contribution in [3.8, 4) is 5.75 Å². The third kappa shape index (κ3) is 3.46. The normalized spacial score (nSPS) is 11.7. The summed E-state index contributed by atoms with van der Waals surface area (Å²) in [5, 5.41) is 2.54. The summed E-state index contributed by atoms with van der Waals surface area (Å²) in [4.78, 5) is 11.0. The zero-order valence-corrected chi connectivity index (χ0v) is 9.53. The van der Waals surface area contributed by atoms with Gasteiger partial charge in [-0.1, -0.05) is 19.1 Å². The minimum absolute atomic E-state index is 0.0960. The van der Waals surface area contributed by atoms with Crippen molar-refractivity contribution >= 4 is 11.8 Å². The first kappa shape index (κ1) is 12.4. The van der Waals surface area contributed by atoms with Gasteiger partial charge >= 0.3 is 6.09 Å². The van der Waals surface area contributed by atoms with Crippen molar-refractivity contribution in [1.82, 2.24) is 0 Å². The van der Waals surface area contributed by atoms with E-state index in [1.165, 1.54) is 0 Å². The molecule has 4 nitrogen and oxygen atoms in total. The van der Waals surface area contributed by atoms with Crippen LogP contribution in [0.25, 0.3) is 0 Å². The Morgan fingerprint density at radius 3 is 2.81 bits per heavy atom. The van der Waals surface area contributed by atoms with Gasteiger partial charge in [-0.15, -0.1) is 0 Å². The molecule has 0 aliphatic rings. The number of hydrogen-bond acceptors (Lipinski definition) is 3. The quantitative estimate of drug-likeness (QED) is 0.850. The first-order valence-corrected chi connectivity index (χ1v) is 5.16. The molecule has 4 heteroatoms. The lowest BCUT2D eigenvalue weighted by atomic mass is 10.2. The molecule has 1 aromatic carbocycles. The number of nitrogens with one attached hydrogen (secondary N) is 1. The predicted molar refractivity (Wildman–Crippen MR) is 62.3 cm³/mol. The highest BCUT2D eigenvalue weighted by Gasteiger charge is 2.09. The second-order valence-corrected chi connectivity index (χ2v) is 3.39. The van der Waals surface area contributed by atoms with E-state index in [0.717, 1.165) is 6.42 Å². The molecule has 1 unspecified atom stereocenters. The van der Waals surface area contributed by atoms with Gasteiger partial charge in [-0.25, -0.2) is 4.79 Å². The van der Waals surface area contributed by atoms with Gasteiger partial charge in [0.15, 0.2) is 0 Å². The maximum absolute atomic E-state index is 11.0. The zero-order chi connectivity index (χ0) is 12.0. The van der Waals surface area contributed by atoms with Crippen LogP contribution >= 0.6 is 0 Å². The molecule has 0 aliphatic carbocycles. The average Bonchev–Trinajstić information content (AvgIpc) is 2.31. The maximum Gasteiger partial charge on any atom is 0.411 e. The van der Waals surface area contributed by atoms with Crippen LogP contribution in [0, 0.1) is 7.11 Å². The molecule has 0 aliphatic heterocycles. The molecule has 0 saturated carbocycles. The Bertz CT molecular complexity index is 352. The van der Waals surface area contributed by atoms with E-state index in [2.05, 4.69) is 17.2 Å². The van der Waals surface area contributed by atoms with Crippen molar-refractivity contribution < 1.29 is 14.3 Å². The minimum Gasteiger partial charge on any atom is -0.489 e. The molecule has 1 radical (unpaired) electrons. The Morgan fingerprint density at radius 2 is 2.19 bits per heavy atom. The molecule has 1 atom stereocenters. The molecule has 0 saturated heterocycles. The summed E-state index contributed by atoms with van der Waals surface area (Å²) < 4.78 is 9.93. The molecule has 1 amide bonds. The monoisotopic (exact) mass is 222 g/mol. The molecule has 0 heterocycles. The third-order valence-electron chi connectivity index (χ3n) is 2.16. The number of carbonyl (C=O) groups excluding carboxylic acids is 1. The van der Waals surface area contributed by atoms with Gasteiger partial charge < -0.3 is 9.47 Å². The lowest BCUT2D eigenvalue weighted by molar-refractivity contribution is 0.198. The number of anilines is 1. The Balaban J connectivity index is 2.79. The standard InChI is InChI=1S/C12H16NO3/c1-4-9(2)16-11-8-6-5-7-10(11)13-12(14)15-3/h5-9H,3-4H2,1-2H3,(H,13,14). The fraction of sp³-hybridized carbons (Fsp3) is 0.333. The molecule has 1 aromatic rings. The summed E-state index contributed by atoms with van der Waals surface area (Å²) in [6.07, 6.45) is 0.382. The van der Waals surface area contributed by atoms with Gasteiger partial charge in [-0.3, -0.25) is 5.32 Å². The van der Waals surface area contributed by atoms with Crippen LogP contribution in [0.4, 0.5) is 10.5 Å².